The van der Waals surface area contributed by atoms with Crippen molar-refractivity contribution < 1.29 is 37.0 Å². The molecule has 0 radical (unpaired) electrons. The zero-order valence-electron chi connectivity index (χ0n) is 27.3. The van der Waals surface area contributed by atoms with Crippen molar-refractivity contribution in [2.24, 2.45) is 0 Å². The van der Waals surface area contributed by atoms with Crippen LogP contribution in [-0.2, 0) is 25.4 Å². The van der Waals surface area contributed by atoms with E-state index in [9.17, 15) is 8.78 Å². The van der Waals surface area contributed by atoms with Crippen molar-refractivity contribution in [3.63, 3.8) is 0 Å². The summed E-state index contributed by atoms with van der Waals surface area (Å²) in [5.74, 6) is -1.52. The van der Waals surface area contributed by atoms with Crippen molar-refractivity contribution in [3.05, 3.63) is 119 Å². The molecule has 0 saturated carbocycles. The number of alkyl halides is 5. The Morgan fingerprint density at radius 3 is 1.86 bits per heavy atom. The number of rotatable bonds is 4. The van der Waals surface area contributed by atoms with E-state index in [1.54, 1.807) is 6.07 Å². The Hall–Kier alpha value is -4.55. The summed E-state index contributed by atoms with van der Waals surface area (Å²) < 4.78 is 60.8. The van der Waals surface area contributed by atoms with Gasteiger partial charge >= 0.3 is 30.8 Å². The topological polar surface area (TPSA) is 54.0 Å². The van der Waals surface area contributed by atoms with Crippen LogP contribution in [0.5, 0.6) is 0 Å². The zero-order chi connectivity index (χ0) is 34.6. The molecule has 5 aromatic rings. The van der Waals surface area contributed by atoms with Crippen LogP contribution < -0.4 is 9.97 Å². The molecule has 2 aromatic carbocycles. The van der Waals surface area contributed by atoms with Gasteiger partial charge in [0, 0.05) is 5.56 Å². The van der Waals surface area contributed by atoms with Crippen LogP contribution in [0, 0.1) is 11.5 Å². The molecule has 0 unspecified atom stereocenters. The van der Waals surface area contributed by atoms with Crippen molar-refractivity contribution >= 4 is 65.5 Å². The molecular formula is C39H27ClF4N4SiZn. The molecule has 5 heterocycles. The van der Waals surface area contributed by atoms with E-state index in [-0.39, 0.29) is 36.4 Å². The Bertz CT molecular complexity index is 2400. The van der Waals surface area contributed by atoms with Gasteiger partial charge in [0.25, 0.3) is 0 Å². The first-order valence-electron chi connectivity index (χ1n) is 15.4. The maximum absolute atomic E-state index is 15.8. The predicted molar refractivity (Wildman–Crippen MR) is 192 cm³/mol. The van der Waals surface area contributed by atoms with Crippen molar-refractivity contribution in [1.29, 1.82) is 0 Å². The minimum absolute atomic E-state index is 0. The van der Waals surface area contributed by atoms with Gasteiger partial charge in [-0.3, -0.25) is 0 Å². The molecule has 7 rings (SSSR count). The van der Waals surface area contributed by atoms with Crippen molar-refractivity contribution in [2.75, 3.05) is 0 Å². The summed E-state index contributed by atoms with van der Waals surface area (Å²) >= 11 is 5.11. The molecule has 0 saturated heterocycles. The van der Waals surface area contributed by atoms with Crippen LogP contribution in [0.25, 0.3) is 68.1 Å². The number of allylic oxidation sites excluding steroid dienone is 1. The van der Waals surface area contributed by atoms with Crippen molar-refractivity contribution in [2.45, 2.75) is 30.9 Å². The fourth-order valence-corrected chi connectivity index (χ4v) is 6.31. The summed E-state index contributed by atoms with van der Waals surface area (Å²) in [6, 6.07) is 26.7. The third kappa shape index (κ3) is 6.78. The van der Waals surface area contributed by atoms with Crippen LogP contribution in [0.1, 0.15) is 28.3 Å². The quantitative estimate of drug-likeness (QED) is 0.0778. The number of hydrogen-bond donors (Lipinski definition) is 0. The molecule has 3 aromatic heterocycles. The maximum Gasteiger partial charge on any atom is 2.00 e. The van der Waals surface area contributed by atoms with E-state index >= 15 is 8.78 Å². The molecule has 2 aliphatic heterocycles. The van der Waals surface area contributed by atoms with E-state index < -0.39 is 30.5 Å². The first-order valence-corrected chi connectivity index (χ1v) is 19.3. The second-order valence-corrected chi connectivity index (χ2v) is 17.9. The minimum atomic E-state index is -4.94. The Balaban J connectivity index is 0.00000432. The smallest absolute Gasteiger partial charge is 0.657 e. The average molecular weight is 757 g/mol. The molecule has 0 amide bonds. The minimum Gasteiger partial charge on any atom is -0.657 e. The number of hydrogen-bond acceptors (Lipinski definition) is 2. The second-order valence-electron chi connectivity index (χ2n) is 12.7. The third-order valence-electron chi connectivity index (χ3n) is 7.93. The van der Waals surface area contributed by atoms with Crippen molar-refractivity contribution in [1.82, 2.24) is 19.9 Å². The summed E-state index contributed by atoms with van der Waals surface area (Å²) in [6.07, 6.45) is 4.63. The number of nitrogens with zero attached hydrogens (tertiary/aromatic N) is 4. The van der Waals surface area contributed by atoms with Gasteiger partial charge in [0.1, 0.15) is 8.07 Å². The molecule has 8 bridgehead atoms. The average Bonchev–Trinajstić information content (AvgIpc) is 3.87. The van der Waals surface area contributed by atoms with Gasteiger partial charge in [-0.1, -0.05) is 110 Å². The van der Waals surface area contributed by atoms with Gasteiger partial charge in [-0.25, -0.2) is 9.97 Å². The first kappa shape index (κ1) is 35.3. The molecule has 0 atom stereocenters. The SMILES string of the molecule is C[Si](C)(C)C#CC1=Cc2nc1cc1ccc([n-]1)c(-c1ccccc1)c1nc(c(C(F)(F)C(F)(F)Cl)c3ccc([n-]3)c2-c2ccccc2)C=C1.[Zn+2]. The van der Waals surface area contributed by atoms with Gasteiger partial charge < -0.3 is 9.97 Å². The van der Waals surface area contributed by atoms with E-state index in [1.807, 2.05) is 78.9 Å². The molecule has 0 N–H and O–H groups in total. The Morgan fingerprint density at radius 2 is 1.24 bits per heavy atom. The summed E-state index contributed by atoms with van der Waals surface area (Å²) in [5, 5.41) is -4.94. The van der Waals surface area contributed by atoms with Gasteiger partial charge in [0.05, 0.1) is 28.3 Å². The summed E-state index contributed by atoms with van der Waals surface area (Å²) in [7, 11) is -1.81. The van der Waals surface area contributed by atoms with E-state index in [1.165, 1.54) is 24.3 Å². The molecule has 50 heavy (non-hydrogen) atoms. The van der Waals surface area contributed by atoms with Gasteiger partial charge in [0.15, 0.2) is 0 Å². The van der Waals surface area contributed by atoms with Crippen molar-refractivity contribution in [3.8, 4) is 33.7 Å². The summed E-state index contributed by atoms with van der Waals surface area (Å²) in [4.78, 5) is 18.9. The van der Waals surface area contributed by atoms with E-state index in [0.717, 1.165) is 0 Å². The molecule has 4 nitrogen and oxygen atoms in total. The second kappa shape index (κ2) is 13.3. The number of fused-ring (bicyclic) bond motifs is 8. The van der Waals surface area contributed by atoms with Crippen LogP contribution >= 0.6 is 11.6 Å². The molecule has 11 heteroatoms. The molecular weight excluding hydrogens is 729 g/mol. The number of halogens is 5. The summed E-state index contributed by atoms with van der Waals surface area (Å²) in [6.45, 7) is 6.42. The van der Waals surface area contributed by atoms with E-state index in [0.29, 0.717) is 50.2 Å². The fourth-order valence-electron chi connectivity index (χ4n) is 5.70. The molecule has 0 spiro atoms. The van der Waals surface area contributed by atoms with Gasteiger partial charge in [-0.05, 0) is 58.1 Å². The van der Waals surface area contributed by atoms with Gasteiger partial charge in [-0.2, -0.15) is 17.6 Å². The summed E-state index contributed by atoms with van der Waals surface area (Å²) in [5.41, 5.74) is 7.35. The van der Waals surface area contributed by atoms with Gasteiger partial charge in [-0.15, -0.1) is 27.6 Å². The zero-order valence-corrected chi connectivity index (χ0v) is 32.0. The number of aromatic nitrogens is 4. The van der Waals surface area contributed by atoms with Crippen LogP contribution in [0.4, 0.5) is 17.6 Å². The monoisotopic (exact) mass is 754 g/mol. The maximum atomic E-state index is 15.8. The van der Waals surface area contributed by atoms with Crippen LogP contribution in [-0.4, -0.2) is 23.4 Å². The Kier molecular flexibility index (Phi) is 9.38. The molecule has 2 aliphatic rings. The van der Waals surface area contributed by atoms with E-state index in [2.05, 4.69) is 41.1 Å². The largest absolute Gasteiger partial charge is 2.00 e. The fraction of sp³-hybridized carbons (Fsp3) is 0.128. The van der Waals surface area contributed by atoms with Crippen LogP contribution in [0.3, 0.4) is 0 Å². The molecule has 0 fully saturated rings. The Labute approximate surface area is 305 Å². The van der Waals surface area contributed by atoms with Crippen LogP contribution in [0.2, 0.25) is 19.6 Å². The predicted octanol–water partition coefficient (Wildman–Crippen LogP) is 10.4. The number of benzene rings is 2. The first-order chi connectivity index (χ1) is 23.3. The third-order valence-corrected chi connectivity index (χ3v) is 9.04. The molecule has 244 valence electrons. The van der Waals surface area contributed by atoms with Crippen LogP contribution in [0.15, 0.2) is 91.0 Å². The van der Waals surface area contributed by atoms with Gasteiger partial charge in [0.2, 0.25) is 0 Å². The molecule has 0 aliphatic carbocycles. The van der Waals surface area contributed by atoms with E-state index in [4.69, 9.17) is 21.6 Å². The standard InChI is InChI=1S/C39H27ClF4N4Si.Zn/c1-49(2,3)21-20-26-22-34-36(25-12-8-5-9-13-25)30-17-19-32(47-30)37(38(41,42)39(40,43)44)31-18-16-29(46-31)35(24-10-6-4-7-11-24)28-15-14-27(45-28)23-33(26)48-34;/h4-19,22-23H,1-3H3;/q-2;+2. The normalized spacial score (nSPS) is 12.9. The Morgan fingerprint density at radius 1 is 0.680 bits per heavy atom.